The molecule has 0 aromatic heterocycles. The number of hydrogen-bond acceptors (Lipinski definition) is 0. The molecule has 200 valence electrons. The Kier molecular flexibility index (Phi) is 5.73. The first kappa shape index (κ1) is 28.2. The average molecular weight is 617 g/mol. The van der Waals surface area contributed by atoms with Crippen LogP contribution in [0.5, 0.6) is 0 Å². The van der Waals surface area contributed by atoms with E-state index >= 15 is 0 Å². The topological polar surface area (TPSA) is 0 Å². The van der Waals surface area contributed by atoms with Crippen molar-refractivity contribution in [2.45, 2.75) is 127 Å². The summed E-state index contributed by atoms with van der Waals surface area (Å²) < 4.78 is 0. The third-order valence-electron chi connectivity index (χ3n) is 10.9. The van der Waals surface area contributed by atoms with Crippen molar-refractivity contribution in [3.05, 3.63) is 41.6 Å². The van der Waals surface area contributed by atoms with Gasteiger partial charge in [-0.15, -0.1) is 0 Å². The van der Waals surface area contributed by atoms with Crippen LogP contribution in [0.15, 0.2) is 41.6 Å². The molecule has 8 heteroatoms. The van der Waals surface area contributed by atoms with Gasteiger partial charge in [-0.2, -0.15) is 0 Å². The molecular weight excluding hydrogens is 561 g/mol. The van der Waals surface area contributed by atoms with Gasteiger partial charge in [-0.25, -0.2) is 0 Å². The van der Waals surface area contributed by atoms with Crippen LogP contribution in [0, 0.1) is 0 Å². The molecule has 6 rings (SSSR count). The maximum absolute atomic E-state index is 2.85. The van der Waals surface area contributed by atoms with E-state index in [1.54, 1.807) is 22.7 Å². The van der Waals surface area contributed by atoms with Gasteiger partial charge in [0.15, 0.2) is 0 Å². The number of rotatable bonds is 0. The third-order valence-corrected chi connectivity index (χ3v) is 56.1. The Morgan fingerprint density at radius 3 is 0.389 bits per heavy atom. The molecule has 0 saturated carbocycles. The second kappa shape index (κ2) is 7.30. The van der Waals surface area contributed by atoms with Crippen LogP contribution in [0.4, 0.5) is 0 Å². The van der Waals surface area contributed by atoms with E-state index in [1.807, 2.05) is 0 Å². The van der Waals surface area contributed by atoms with E-state index in [1.165, 1.54) is 0 Å². The highest BCUT2D eigenvalue weighted by molar-refractivity contribution is 7.19. The number of hydrogen-bond donors (Lipinski definition) is 0. The summed E-state index contributed by atoms with van der Waals surface area (Å²) in [6, 6.07) is 0. The fourth-order valence-electron chi connectivity index (χ4n) is 11.4. The second-order valence-electron chi connectivity index (χ2n) is 18.8. The van der Waals surface area contributed by atoms with Crippen molar-refractivity contribution in [3.8, 4) is 0 Å². The van der Waals surface area contributed by atoms with Crippen molar-refractivity contribution in [1.29, 1.82) is 0 Å². The molecule has 0 spiro atoms. The summed E-state index contributed by atoms with van der Waals surface area (Å²) in [6.45, 7) is 45.5. The highest BCUT2D eigenvalue weighted by Crippen LogP contribution is 2.64. The van der Waals surface area contributed by atoms with E-state index in [-0.39, 0.29) is 0 Å². The molecule has 4 heterocycles. The smallest absolute Gasteiger partial charge is 0.0656 e. The van der Waals surface area contributed by atoms with E-state index in [9.17, 15) is 0 Å². The second-order valence-corrected chi connectivity index (χ2v) is 58.6. The van der Waals surface area contributed by atoms with Gasteiger partial charge in [0.25, 0.3) is 0 Å². The molecule has 2 saturated heterocycles. The Labute approximate surface area is 232 Å². The van der Waals surface area contributed by atoms with Gasteiger partial charge < -0.3 is 0 Å². The molecule has 0 radical (unpaired) electrons. The van der Waals surface area contributed by atoms with Crippen LogP contribution >= 0.6 is 0 Å². The van der Waals surface area contributed by atoms with Crippen LogP contribution in [-0.2, 0) is 0 Å². The third kappa shape index (κ3) is 3.59. The summed E-state index contributed by atoms with van der Waals surface area (Å²) in [5, 5.41) is 17.1. The molecule has 0 unspecified atom stereocenters. The van der Waals surface area contributed by atoms with Crippen molar-refractivity contribution in [1.82, 2.24) is 0 Å². The van der Waals surface area contributed by atoms with Gasteiger partial charge in [0.05, 0.1) is 64.6 Å². The summed E-state index contributed by atoms with van der Waals surface area (Å²) in [7, 11) is -12.2. The predicted molar refractivity (Wildman–Crippen MR) is 187 cm³/mol. The molecule has 8 bridgehead atoms. The van der Waals surface area contributed by atoms with E-state index in [0.29, 0.717) is 0 Å². The molecule has 0 nitrogen and oxygen atoms in total. The minimum Gasteiger partial charge on any atom is -0.0656 e. The van der Waals surface area contributed by atoms with Crippen molar-refractivity contribution < 1.29 is 0 Å². The normalized spacial score (nSPS) is 33.3. The largest absolute Gasteiger partial charge is 0.0780 e. The minimum atomic E-state index is -1.52. The Hall–Kier alpha value is 0.695. The molecular formula is C28H56Si8. The molecule has 0 aromatic carbocycles. The van der Waals surface area contributed by atoms with Gasteiger partial charge in [0.1, 0.15) is 0 Å². The standard InChI is InChI=1S/C28H56Si8/c1-29(2)17-30(3,4)25-26-28-27(25)35(13,14)19-32(7,8)23-21(29)22(31(5,6)18-34(26,11)12)24(23)33(9,10)20-36(28,15)16/h17-20H2,1-16H3. The number of fused-ring (bicyclic) bond motifs is 8. The summed E-state index contributed by atoms with van der Waals surface area (Å²) in [4.78, 5) is 0. The molecule has 4 aliphatic heterocycles. The van der Waals surface area contributed by atoms with Crippen molar-refractivity contribution in [3.63, 3.8) is 0 Å². The van der Waals surface area contributed by atoms with Gasteiger partial charge in [-0.3, -0.25) is 0 Å². The van der Waals surface area contributed by atoms with Crippen LogP contribution < -0.4 is 0 Å². The summed E-state index contributed by atoms with van der Waals surface area (Å²) >= 11 is 0. The van der Waals surface area contributed by atoms with Gasteiger partial charge in [-0.1, -0.05) is 169 Å². The van der Waals surface area contributed by atoms with Crippen molar-refractivity contribution in [2.75, 3.05) is 0 Å². The lowest BCUT2D eigenvalue weighted by atomic mass is 10.2. The molecule has 0 amide bonds. The van der Waals surface area contributed by atoms with Crippen molar-refractivity contribution >= 4 is 64.6 Å². The highest BCUT2D eigenvalue weighted by atomic mass is 28.4. The predicted octanol–water partition coefficient (Wildman–Crippen LogP) is 9.38. The quantitative estimate of drug-likeness (QED) is 0.238. The molecule has 36 heavy (non-hydrogen) atoms. The fraction of sp³-hybridized carbons (Fsp3) is 0.714. The van der Waals surface area contributed by atoms with E-state index < -0.39 is 64.6 Å². The first-order valence-corrected chi connectivity index (χ1v) is 40.5. The lowest BCUT2D eigenvalue weighted by molar-refractivity contribution is 1.24. The van der Waals surface area contributed by atoms with Gasteiger partial charge >= 0.3 is 0 Å². The zero-order chi connectivity index (χ0) is 27.4. The molecule has 0 N–H and O–H groups in total. The lowest BCUT2D eigenvalue weighted by Crippen LogP contribution is -2.66. The molecule has 0 atom stereocenters. The zero-order valence-corrected chi connectivity index (χ0v) is 34.8. The van der Waals surface area contributed by atoms with Crippen LogP contribution in [0.25, 0.3) is 0 Å². The number of allylic oxidation sites excluding steroid dienone is 8. The highest BCUT2D eigenvalue weighted by Gasteiger charge is 2.64. The monoisotopic (exact) mass is 616 g/mol. The van der Waals surface area contributed by atoms with Crippen LogP contribution in [-0.4, -0.2) is 64.6 Å². The van der Waals surface area contributed by atoms with Crippen molar-refractivity contribution in [2.24, 2.45) is 0 Å². The Bertz CT molecular complexity index is 926. The fourth-order valence-corrected chi connectivity index (χ4v) is 82.5. The summed E-state index contributed by atoms with van der Waals surface area (Å²) in [5.41, 5.74) is 6.44. The van der Waals surface area contributed by atoms with Gasteiger partial charge in [-0.05, 0) is 0 Å². The molecule has 2 fully saturated rings. The SMILES string of the molecule is C[Si]1(C)C[Si](C)(C)C2=C3C4=C2[Si](C)(C)C[Si](C)(C)C2=C(C(=C21)[Si](C)(C)C[Si]3(C)C)[Si](C)(C)C[Si]4(C)C. The minimum absolute atomic E-state index is 1.52. The first-order valence-electron chi connectivity index (χ1n) is 14.8. The van der Waals surface area contributed by atoms with Gasteiger partial charge in [0, 0.05) is 0 Å². The zero-order valence-electron chi connectivity index (χ0n) is 26.8. The molecule has 6 aliphatic rings. The Morgan fingerprint density at radius 1 is 0.222 bits per heavy atom. The Balaban J connectivity index is 2.05. The van der Waals surface area contributed by atoms with Gasteiger partial charge in [0.2, 0.25) is 0 Å². The summed E-state index contributed by atoms with van der Waals surface area (Å²) in [6.07, 6.45) is 0. The van der Waals surface area contributed by atoms with Crippen LogP contribution in [0.3, 0.4) is 0 Å². The maximum Gasteiger partial charge on any atom is 0.0780 e. The van der Waals surface area contributed by atoms with E-state index in [2.05, 4.69) is 146 Å². The molecule has 2 aliphatic carbocycles. The Morgan fingerprint density at radius 2 is 0.306 bits per heavy atom. The van der Waals surface area contributed by atoms with E-state index in [4.69, 9.17) is 0 Å². The average Bonchev–Trinajstić information content (AvgIpc) is 2.41. The molecule has 0 aromatic rings. The maximum atomic E-state index is 2.85. The van der Waals surface area contributed by atoms with E-state index in [0.717, 1.165) is 0 Å². The first-order chi connectivity index (χ1) is 15.8. The summed E-state index contributed by atoms with van der Waals surface area (Å²) in [5.74, 6) is 0. The van der Waals surface area contributed by atoms with Crippen LogP contribution in [0.2, 0.25) is 127 Å². The lowest BCUT2D eigenvalue weighted by Gasteiger charge is -2.63. The van der Waals surface area contributed by atoms with Crippen LogP contribution in [0.1, 0.15) is 0 Å².